The Hall–Kier alpha value is -0.0800. The molecule has 1 aliphatic heterocycles. The predicted octanol–water partition coefficient (Wildman–Crippen LogP) is 3.03. The molecule has 0 amide bonds. The summed E-state index contributed by atoms with van der Waals surface area (Å²) < 4.78 is 0. The molecular formula is C15H30N2. The van der Waals surface area contributed by atoms with E-state index in [1.54, 1.807) is 0 Å². The monoisotopic (exact) mass is 238 g/mol. The van der Waals surface area contributed by atoms with Crippen molar-refractivity contribution in [2.24, 2.45) is 5.92 Å². The summed E-state index contributed by atoms with van der Waals surface area (Å²) in [6.07, 6.45) is 8.84. The fraction of sp³-hybridized carbons (Fsp3) is 1.00. The lowest BCUT2D eigenvalue weighted by Gasteiger charge is -2.30. The summed E-state index contributed by atoms with van der Waals surface area (Å²) in [7, 11) is 0. The number of hydrogen-bond acceptors (Lipinski definition) is 2. The third kappa shape index (κ3) is 3.96. The highest BCUT2D eigenvalue weighted by Gasteiger charge is 2.32. The van der Waals surface area contributed by atoms with Gasteiger partial charge in [0.2, 0.25) is 0 Å². The summed E-state index contributed by atoms with van der Waals surface area (Å²) in [6, 6.07) is 0.916. The Morgan fingerprint density at radius 1 is 1.06 bits per heavy atom. The highest BCUT2D eigenvalue weighted by Crippen LogP contribution is 2.35. The zero-order chi connectivity index (χ0) is 12.3. The Balaban J connectivity index is 1.75. The van der Waals surface area contributed by atoms with E-state index in [2.05, 4.69) is 31.0 Å². The van der Waals surface area contributed by atoms with Crippen LogP contribution in [0.4, 0.5) is 0 Å². The van der Waals surface area contributed by atoms with Crippen LogP contribution in [-0.4, -0.2) is 36.1 Å². The largest absolute Gasteiger partial charge is 0.311 e. The molecule has 0 spiro atoms. The zero-order valence-electron chi connectivity index (χ0n) is 12.0. The molecule has 0 aromatic carbocycles. The fourth-order valence-electron chi connectivity index (χ4n) is 3.58. The van der Waals surface area contributed by atoms with Crippen LogP contribution in [0.1, 0.15) is 59.3 Å². The van der Waals surface area contributed by atoms with E-state index in [4.69, 9.17) is 0 Å². The first-order chi connectivity index (χ1) is 8.06. The fourth-order valence-corrected chi connectivity index (χ4v) is 3.58. The Bertz CT molecular complexity index is 226. The smallest absolute Gasteiger partial charge is 0.0124 e. The minimum Gasteiger partial charge on any atom is -0.311 e. The standard InChI is InChI=1S/C15H30N2/c1-15(2,3)16-10-12-17-11-6-9-14(17)13-7-4-5-8-13/h13-14,16H,4-12H2,1-3H3. The van der Waals surface area contributed by atoms with Crippen molar-refractivity contribution in [2.75, 3.05) is 19.6 Å². The van der Waals surface area contributed by atoms with E-state index in [0.29, 0.717) is 0 Å². The summed E-state index contributed by atoms with van der Waals surface area (Å²) in [5, 5.41) is 3.62. The quantitative estimate of drug-likeness (QED) is 0.810. The van der Waals surface area contributed by atoms with Crippen LogP contribution in [0.3, 0.4) is 0 Å². The average molecular weight is 238 g/mol. The van der Waals surface area contributed by atoms with E-state index in [9.17, 15) is 0 Å². The lowest BCUT2D eigenvalue weighted by atomic mass is 9.96. The number of nitrogens with one attached hydrogen (secondary N) is 1. The third-order valence-corrected chi connectivity index (χ3v) is 4.41. The predicted molar refractivity (Wildman–Crippen MR) is 74.3 cm³/mol. The Morgan fingerprint density at radius 3 is 2.41 bits per heavy atom. The first kappa shape index (κ1) is 13.4. The van der Waals surface area contributed by atoms with Crippen LogP contribution >= 0.6 is 0 Å². The maximum absolute atomic E-state index is 3.62. The van der Waals surface area contributed by atoms with Crippen molar-refractivity contribution >= 4 is 0 Å². The van der Waals surface area contributed by atoms with Crippen molar-refractivity contribution in [3.8, 4) is 0 Å². The van der Waals surface area contributed by atoms with Crippen LogP contribution < -0.4 is 5.32 Å². The minimum atomic E-state index is 0.266. The van der Waals surface area contributed by atoms with Crippen LogP contribution in [0.2, 0.25) is 0 Å². The molecule has 2 rings (SSSR count). The second kappa shape index (κ2) is 5.71. The van der Waals surface area contributed by atoms with Crippen LogP contribution in [0, 0.1) is 5.92 Å². The van der Waals surface area contributed by atoms with Gasteiger partial charge in [-0.05, 0) is 58.9 Å². The van der Waals surface area contributed by atoms with Crippen molar-refractivity contribution in [2.45, 2.75) is 70.9 Å². The van der Waals surface area contributed by atoms with Gasteiger partial charge < -0.3 is 5.32 Å². The van der Waals surface area contributed by atoms with E-state index in [1.807, 2.05) is 0 Å². The van der Waals surface area contributed by atoms with Crippen molar-refractivity contribution in [3.63, 3.8) is 0 Å². The topological polar surface area (TPSA) is 15.3 Å². The minimum absolute atomic E-state index is 0.266. The average Bonchev–Trinajstić information content (AvgIpc) is 2.82. The van der Waals surface area contributed by atoms with Gasteiger partial charge in [0.05, 0.1) is 0 Å². The molecular weight excluding hydrogens is 208 g/mol. The number of likely N-dealkylation sites (tertiary alicyclic amines) is 1. The van der Waals surface area contributed by atoms with Gasteiger partial charge in [0.1, 0.15) is 0 Å². The van der Waals surface area contributed by atoms with Crippen molar-refractivity contribution in [3.05, 3.63) is 0 Å². The molecule has 100 valence electrons. The molecule has 17 heavy (non-hydrogen) atoms. The van der Waals surface area contributed by atoms with Crippen LogP contribution in [0.15, 0.2) is 0 Å². The van der Waals surface area contributed by atoms with Gasteiger partial charge in [-0.3, -0.25) is 4.90 Å². The molecule has 1 unspecified atom stereocenters. The number of nitrogens with zero attached hydrogens (tertiary/aromatic N) is 1. The zero-order valence-corrected chi connectivity index (χ0v) is 12.0. The molecule has 2 nitrogen and oxygen atoms in total. The van der Waals surface area contributed by atoms with Crippen LogP contribution in [0.25, 0.3) is 0 Å². The molecule has 1 saturated carbocycles. The van der Waals surface area contributed by atoms with Gasteiger partial charge in [0, 0.05) is 24.7 Å². The SMILES string of the molecule is CC(C)(C)NCCN1CCCC1C1CCCC1. The Labute approximate surface area is 107 Å². The second-order valence-electron chi connectivity index (χ2n) is 6.97. The molecule has 0 aromatic heterocycles. The van der Waals surface area contributed by atoms with Crippen molar-refractivity contribution in [1.29, 1.82) is 0 Å². The highest BCUT2D eigenvalue weighted by molar-refractivity contribution is 4.88. The van der Waals surface area contributed by atoms with Gasteiger partial charge in [-0.25, -0.2) is 0 Å². The molecule has 2 fully saturated rings. The molecule has 1 saturated heterocycles. The van der Waals surface area contributed by atoms with E-state index >= 15 is 0 Å². The number of hydrogen-bond donors (Lipinski definition) is 1. The van der Waals surface area contributed by atoms with Gasteiger partial charge in [-0.15, -0.1) is 0 Å². The van der Waals surface area contributed by atoms with Crippen molar-refractivity contribution < 1.29 is 0 Å². The Morgan fingerprint density at radius 2 is 1.76 bits per heavy atom. The first-order valence-electron chi connectivity index (χ1n) is 7.55. The summed E-state index contributed by atoms with van der Waals surface area (Å²) in [4.78, 5) is 2.76. The van der Waals surface area contributed by atoms with E-state index in [-0.39, 0.29) is 5.54 Å². The van der Waals surface area contributed by atoms with Gasteiger partial charge in [0.25, 0.3) is 0 Å². The molecule has 2 heteroatoms. The van der Waals surface area contributed by atoms with E-state index in [0.717, 1.165) is 18.5 Å². The normalized spacial score (nSPS) is 28.1. The summed E-state index contributed by atoms with van der Waals surface area (Å²) in [6.45, 7) is 10.5. The second-order valence-corrected chi connectivity index (χ2v) is 6.97. The van der Waals surface area contributed by atoms with E-state index < -0.39 is 0 Å². The summed E-state index contributed by atoms with van der Waals surface area (Å²) >= 11 is 0. The molecule has 0 radical (unpaired) electrons. The molecule has 0 bridgehead atoms. The molecule has 2 aliphatic rings. The van der Waals surface area contributed by atoms with Gasteiger partial charge in [0.15, 0.2) is 0 Å². The lowest BCUT2D eigenvalue weighted by molar-refractivity contribution is 0.186. The Kier molecular flexibility index (Phi) is 4.48. The first-order valence-corrected chi connectivity index (χ1v) is 7.55. The van der Waals surface area contributed by atoms with Gasteiger partial charge >= 0.3 is 0 Å². The molecule has 1 atom stereocenters. The molecule has 1 heterocycles. The molecule has 1 N–H and O–H groups in total. The maximum atomic E-state index is 3.62. The van der Waals surface area contributed by atoms with Crippen LogP contribution in [-0.2, 0) is 0 Å². The van der Waals surface area contributed by atoms with Gasteiger partial charge in [-0.1, -0.05) is 12.8 Å². The summed E-state index contributed by atoms with van der Waals surface area (Å²) in [5.41, 5.74) is 0.266. The van der Waals surface area contributed by atoms with E-state index in [1.165, 1.54) is 51.6 Å². The lowest BCUT2D eigenvalue weighted by Crippen LogP contribution is -2.44. The molecule has 1 aliphatic carbocycles. The maximum Gasteiger partial charge on any atom is 0.0124 e. The van der Waals surface area contributed by atoms with Crippen LogP contribution in [0.5, 0.6) is 0 Å². The summed E-state index contributed by atoms with van der Waals surface area (Å²) in [5.74, 6) is 1.02. The van der Waals surface area contributed by atoms with Crippen molar-refractivity contribution in [1.82, 2.24) is 10.2 Å². The third-order valence-electron chi connectivity index (χ3n) is 4.41. The molecule has 0 aromatic rings. The van der Waals surface area contributed by atoms with Gasteiger partial charge in [-0.2, -0.15) is 0 Å². The number of rotatable bonds is 4. The highest BCUT2D eigenvalue weighted by atomic mass is 15.2.